The zero-order valence-electron chi connectivity index (χ0n) is 11.5. The number of hydrogen-bond donors (Lipinski definition) is 2. The molecule has 1 aromatic carbocycles. The second-order valence-electron chi connectivity index (χ2n) is 5.57. The third-order valence-electron chi connectivity index (χ3n) is 3.63. The molecule has 0 saturated carbocycles. The summed E-state index contributed by atoms with van der Waals surface area (Å²) in [5.74, 6) is 0.870. The fourth-order valence-electron chi connectivity index (χ4n) is 2.49. The number of aliphatic hydroxyl groups is 1. The smallest absolute Gasteiger partial charge is 0.119 e. The van der Waals surface area contributed by atoms with Gasteiger partial charge in [0.1, 0.15) is 5.75 Å². The van der Waals surface area contributed by atoms with Crippen LogP contribution in [0, 0.1) is 0 Å². The monoisotopic (exact) mass is 249 g/mol. The van der Waals surface area contributed by atoms with Crippen molar-refractivity contribution in [2.75, 3.05) is 13.7 Å². The molecule has 100 valence electrons. The lowest BCUT2D eigenvalue weighted by atomic mass is 9.80. The molecule has 0 saturated heterocycles. The molecule has 0 bridgehead atoms. The van der Waals surface area contributed by atoms with Gasteiger partial charge in [-0.2, -0.15) is 0 Å². The Hall–Kier alpha value is -1.06. The number of nitrogens with one attached hydrogen (secondary N) is 1. The molecule has 1 aliphatic carbocycles. The van der Waals surface area contributed by atoms with Gasteiger partial charge in [0.25, 0.3) is 0 Å². The largest absolute Gasteiger partial charge is 0.497 e. The SMILES string of the molecule is COc1ccc2c(c1)CC(O)(CNC(C)C)CC2. The first-order valence-electron chi connectivity index (χ1n) is 6.64. The van der Waals surface area contributed by atoms with Crippen LogP contribution in [0.1, 0.15) is 31.4 Å². The molecule has 2 rings (SSSR count). The Balaban J connectivity index is 2.12. The van der Waals surface area contributed by atoms with Crippen molar-refractivity contribution >= 4 is 0 Å². The molecule has 0 heterocycles. The van der Waals surface area contributed by atoms with Gasteiger partial charge in [-0.3, -0.25) is 0 Å². The van der Waals surface area contributed by atoms with Crippen molar-refractivity contribution in [3.63, 3.8) is 0 Å². The summed E-state index contributed by atoms with van der Waals surface area (Å²) in [4.78, 5) is 0. The van der Waals surface area contributed by atoms with Crippen LogP contribution in [-0.2, 0) is 12.8 Å². The number of ether oxygens (including phenoxy) is 1. The Labute approximate surface area is 109 Å². The summed E-state index contributed by atoms with van der Waals surface area (Å²) < 4.78 is 5.25. The van der Waals surface area contributed by atoms with Crippen molar-refractivity contribution in [2.24, 2.45) is 0 Å². The van der Waals surface area contributed by atoms with E-state index in [1.165, 1.54) is 11.1 Å². The zero-order valence-corrected chi connectivity index (χ0v) is 11.5. The number of benzene rings is 1. The van der Waals surface area contributed by atoms with Crippen LogP contribution in [0.5, 0.6) is 5.75 Å². The maximum atomic E-state index is 10.6. The molecule has 1 atom stereocenters. The lowest BCUT2D eigenvalue weighted by Crippen LogP contribution is -2.46. The van der Waals surface area contributed by atoms with Gasteiger partial charge in [0.15, 0.2) is 0 Å². The van der Waals surface area contributed by atoms with E-state index >= 15 is 0 Å². The summed E-state index contributed by atoms with van der Waals surface area (Å²) in [6.07, 6.45) is 2.47. The molecule has 0 aromatic heterocycles. The lowest BCUT2D eigenvalue weighted by Gasteiger charge is -2.34. The number of rotatable bonds is 4. The van der Waals surface area contributed by atoms with Crippen molar-refractivity contribution in [3.8, 4) is 5.75 Å². The Kier molecular flexibility index (Phi) is 3.93. The zero-order chi connectivity index (χ0) is 13.2. The molecule has 0 aliphatic heterocycles. The first-order chi connectivity index (χ1) is 8.52. The summed E-state index contributed by atoms with van der Waals surface area (Å²) in [5, 5.41) is 14.0. The lowest BCUT2D eigenvalue weighted by molar-refractivity contribution is 0.0250. The van der Waals surface area contributed by atoms with Gasteiger partial charge in [0.05, 0.1) is 12.7 Å². The van der Waals surface area contributed by atoms with Crippen molar-refractivity contribution in [2.45, 2.75) is 44.8 Å². The van der Waals surface area contributed by atoms with Crippen LogP contribution in [-0.4, -0.2) is 30.4 Å². The highest BCUT2D eigenvalue weighted by atomic mass is 16.5. The first kappa shape index (κ1) is 13.4. The van der Waals surface area contributed by atoms with Gasteiger partial charge in [-0.15, -0.1) is 0 Å². The van der Waals surface area contributed by atoms with E-state index < -0.39 is 5.60 Å². The fourth-order valence-corrected chi connectivity index (χ4v) is 2.49. The Morgan fingerprint density at radius 3 is 2.83 bits per heavy atom. The van der Waals surface area contributed by atoms with E-state index in [4.69, 9.17) is 4.74 Å². The Bertz CT molecular complexity index is 417. The third kappa shape index (κ3) is 3.03. The molecule has 0 amide bonds. The predicted molar refractivity (Wildman–Crippen MR) is 73.1 cm³/mol. The molecular weight excluding hydrogens is 226 g/mol. The second-order valence-corrected chi connectivity index (χ2v) is 5.57. The molecule has 18 heavy (non-hydrogen) atoms. The molecule has 0 spiro atoms. The molecule has 3 nitrogen and oxygen atoms in total. The minimum Gasteiger partial charge on any atom is -0.497 e. The molecule has 1 unspecified atom stereocenters. The predicted octanol–water partition coefficient (Wildman–Crippen LogP) is 1.91. The Morgan fingerprint density at radius 2 is 2.17 bits per heavy atom. The van der Waals surface area contributed by atoms with Crippen LogP contribution >= 0.6 is 0 Å². The molecule has 3 heteroatoms. The molecule has 1 aromatic rings. The summed E-state index contributed by atoms with van der Waals surface area (Å²) in [7, 11) is 1.68. The van der Waals surface area contributed by atoms with Gasteiger partial charge in [0, 0.05) is 19.0 Å². The number of fused-ring (bicyclic) bond motifs is 1. The Morgan fingerprint density at radius 1 is 1.39 bits per heavy atom. The highest BCUT2D eigenvalue weighted by molar-refractivity contribution is 5.38. The van der Waals surface area contributed by atoms with Crippen LogP contribution in [0.25, 0.3) is 0 Å². The van der Waals surface area contributed by atoms with Gasteiger partial charge in [-0.1, -0.05) is 19.9 Å². The van der Waals surface area contributed by atoms with Crippen LogP contribution in [0.15, 0.2) is 18.2 Å². The average Bonchev–Trinajstić information content (AvgIpc) is 2.35. The van der Waals surface area contributed by atoms with Crippen LogP contribution < -0.4 is 10.1 Å². The maximum Gasteiger partial charge on any atom is 0.119 e. The molecule has 2 N–H and O–H groups in total. The minimum atomic E-state index is -0.621. The van der Waals surface area contributed by atoms with Crippen molar-refractivity contribution < 1.29 is 9.84 Å². The van der Waals surface area contributed by atoms with Gasteiger partial charge in [-0.05, 0) is 36.1 Å². The van der Waals surface area contributed by atoms with E-state index in [1.54, 1.807) is 7.11 Å². The number of methoxy groups -OCH3 is 1. The standard InChI is InChI=1S/C15H23NO2/c1-11(2)16-10-15(17)7-6-12-4-5-14(18-3)8-13(12)9-15/h4-5,8,11,16-17H,6-7,9-10H2,1-3H3. The van der Waals surface area contributed by atoms with Gasteiger partial charge >= 0.3 is 0 Å². The summed E-state index contributed by atoms with van der Waals surface area (Å²) in [6, 6.07) is 6.56. The summed E-state index contributed by atoms with van der Waals surface area (Å²) in [5.41, 5.74) is 1.93. The van der Waals surface area contributed by atoms with E-state index in [9.17, 15) is 5.11 Å². The third-order valence-corrected chi connectivity index (χ3v) is 3.63. The summed E-state index contributed by atoms with van der Waals surface area (Å²) >= 11 is 0. The fraction of sp³-hybridized carbons (Fsp3) is 0.600. The molecule has 1 aliphatic rings. The minimum absolute atomic E-state index is 0.403. The molecule has 0 fully saturated rings. The summed E-state index contributed by atoms with van der Waals surface area (Å²) in [6.45, 7) is 4.85. The normalized spacial score (nSPS) is 22.9. The number of hydrogen-bond acceptors (Lipinski definition) is 3. The van der Waals surface area contributed by atoms with Crippen molar-refractivity contribution in [1.29, 1.82) is 0 Å². The van der Waals surface area contributed by atoms with Gasteiger partial charge in [-0.25, -0.2) is 0 Å². The van der Waals surface area contributed by atoms with E-state index in [0.717, 1.165) is 18.6 Å². The van der Waals surface area contributed by atoms with Crippen molar-refractivity contribution in [3.05, 3.63) is 29.3 Å². The van der Waals surface area contributed by atoms with E-state index in [1.807, 2.05) is 6.07 Å². The maximum absolute atomic E-state index is 10.6. The van der Waals surface area contributed by atoms with Crippen molar-refractivity contribution in [1.82, 2.24) is 5.32 Å². The highest BCUT2D eigenvalue weighted by Gasteiger charge is 2.32. The average molecular weight is 249 g/mol. The van der Waals surface area contributed by atoms with Gasteiger partial charge in [0.2, 0.25) is 0 Å². The molecular formula is C15H23NO2. The van der Waals surface area contributed by atoms with E-state index in [0.29, 0.717) is 19.0 Å². The molecule has 0 radical (unpaired) electrons. The van der Waals surface area contributed by atoms with E-state index in [2.05, 4.69) is 31.3 Å². The van der Waals surface area contributed by atoms with Gasteiger partial charge < -0.3 is 15.2 Å². The topological polar surface area (TPSA) is 41.5 Å². The highest BCUT2D eigenvalue weighted by Crippen LogP contribution is 2.30. The quantitative estimate of drug-likeness (QED) is 0.856. The van der Waals surface area contributed by atoms with Crippen LogP contribution in [0.4, 0.5) is 0 Å². The van der Waals surface area contributed by atoms with Crippen LogP contribution in [0.2, 0.25) is 0 Å². The number of aryl methyl sites for hydroxylation is 1. The first-order valence-corrected chi connectivity index (χ1v) is 6.64. The van der Waals surface area contributed by atoms with E-state index in [-0.39, 0.29) is 0 Å². The van der Waals surface area contributed by atoms with Crippen LogP contribution in [0.3, 0.4) is 0 Å². The second kappa shape index (κ2) is 5.29.